The van der Waals surface area contributed by atoms with Gasteiger partial charge >= 0.3 is 0 Å². The Kier molecular flexibility index (Phi) is 6.59. The molecule has 0 aliphatic carbocycles. The lowest BCUT2D eigenvalue weighted by Gasteiger charge is -2.18. The highest BCUT2D eigenvalue weighted by molar-refractivity contribution is 14.1. The SMILES string of the molecule is CCN(CC)S(=O)(=O)c1ccc(C(=O)Nc2ccc(I)cc2C)cc1. The maximum absolute atomic E-state index is 12.5. The summed E-state index contributed by atoms with van der Waals surface area (Å²) in [6.07, 6.45) is 0. The molecule has 0 heterocycles. The molecule has 0 saturated heterocycles. The van der Waals surface area contributed by atoms with Gasteiger partial charge in [-0.3, -0.25) is 4.79 Å². The van der Waals surface area contributed by atoms with Crippen molar-refractivity contribution in [3.63, 3.8) is 0 Å². The summed E-state index contributed by atoms with van der Waals surface area (Å²) in [6, 6.07) is 11.8. The summed E-state index contributed by atoms with van der Waals surface area (Å²) in [7, 11) is -3.51. The first-order valence-corrected chi connectivity index (χ1v) is 10.5. The molecule has 1 amide bonds. The maximum atomic E-state index is 12.5. The van der Waals surface area contributed by atoms with Crippen molar-refractivity contribution in [3.05, 3.63) is 57.2 Å². The van der Waals surface area contributed by atoms with Gasteiger partial charge in [0.25, 0.3) is 5.91 Å². The van der Waals surface area contributed by atoms with Crippen LogP contribution in [0.25, 0.3) is 0 Å². The molecule has 1 N–H and O–H groups in total. The molecule has 0 bridgehead atoms. The summed E-state index contributed by atoms with van der Waals surface area (Å²) in [4.78, 5) is 12.6. The van der Waals surface area contributed by atoms with Crippen LogP contribution in [0.3, 0.4) is 0 Å². The van der Waals surface area contributed by atoms with Gasteiger partial charge in [-0.25, -0.2) is 8.42 Å². The van der Waals surface area contributed by atoms with Crippen molar-refractivity contribution in [2.45, 2.75) is 25.7 Å². The zero-order valence-corrected chi connectivity index (χ0v) is 17.4. The third kappa shape index (κ3) is 4.59. The number of amides is 1. The Balaban J connectivity index is 2.20. The summed E-state index contributed by atoms with van der Waals surface area (Å²) in [5, 5.41) is 2.85. The molecule has 0 saturated carbocycles. The van der Waals surface area contributed by atoms with Gasteiger partial charge in [-0.15, -0.1) is 0 Å². The van der Waals surface area contributed by atoms with Gasteiger partial charge in [0.15, 0.2) is 0 Å². The number of sulfonamides is 1. The molecular weight excluding hydrogens is 451 g/mol. The number of halogens is 1. The van der Waals surface area contributed by atoms with Crippen LogP contribution in [-0.4, -0.2) is 31.7 Å². The van der Waals surface area contributed by atoms with Crippen molar-refractivity contribution < 1.29 is 13.2 Å². The molecule has 0 aromatic heterocycles. The predicted octanol–water partition coefficient (Wildman–Crippen LogP) is 3.88. The highest BCUT2D eigenvalue weighted by atomic mass is 127. The van der Waals surface area contributed by atoms with Crippen molar-refractivity contribution in [2.75, 3.05) is 18.4 Å². The molecule has 134 valence electrons. The van der Waals surface area contributed by atoms with Crippen LogP contribution in [0.2, 0.25) is 0 Å². The monoisotopic (exact) mass is 472 g/mol. The van der Waals surface area contributed by atoms with E-state index in [9.17, 15) is 13.2 Å². The third-order valence-electron chi connectivity index (χ3n) is 3.90. The van der Waals surface area contributed by atoms with Crippen LogP contribution < -0.4 is 5.32 Å². The quantitative estimate of drug-likeness (QED) is 0.649. The second kappa shape index (κ2) is 8.29. The van der Waals surface area contributed by atoms with Gasteiger partial charge in [-0.05, 0) is 77.5 Å². The van der Waals surface area contributed by atoms with Crippen LogP contribution in [-0.2, 0) is 10.0 Å². The maximum Gasteiger partial charge on any atom is 0.255 e. The summed E-state index contributed by atoms with van der Waals surface area (Å²) < 4.78 is 27.4. The molecule has 0 radical (unpaired) electrons. The predicted molar refractivity (Wildman–Crippen MR) is 108 cm³/mol. The van der Waals surface area contributed by atoms with Crippen molar-refractivity contribution in [1.82, 2.24) is 4.31 Å². The Bertz CT molecular complexity index is 860. The molecule has 0 unspecified atom stereocenters. The van der Waals surface area contributed by atoms with Gasteiger partial charge in [0, 0.05) is 27.9 Å². The van der Waals surface area contributed by atoms with E-state index in [0.29, 0.717) is 18.7 Å². The fraction of sp³-hybridized carbons (Fsp3) is 0.278. The lowest BCUT2D eigenvalue weighted by molar-refractivity contribution is 0.102. The Morgan fingerprint density at radius 1 is 1.08 bits per heavy atom. The zero-order valence-electron chi connectivity index (χ0n) is 14.4. The van der Waals surface area contributed by atoms with E-state index < -0.39 is 10.0 Å². The van der Waals surface area contributed by atoms with Crippen molar-refractivity contribution in [1.29, 1.82) is 0 Å². The second-order valence-corrected chi connectivity index (χ2v) is 8.71. The molecule has 0 aliphatic rings. The molecule has 2 rings (SSSR count). The molecule has 0 spiro atoms. The van der Waals surface area contributed by atoms with E-state index in [1.165, 1.54) is 28.6 Å². The van der Waals surface area contributed by atoms with Crippen LogP contribution in [0.4, 0.5) is 5.69 Å². The van der Waals surface area contributed by atoms with Gasteiger partial charge in [0.05, 0.1) is 4.90 Å². The van der Waals surface area contributed by atoms with E-state index in [0.717, 1.165) is 14.8 Å². The van der Waals surface area contributed by atoms with Crippen molar-refractivity contribution >= 4 is 44.2 Å². The lowest BCUT2D eigenvalue weighted by atomic mass is 10.1. The number of anilines is 1. The first-order valence-electron chi connectivity index (χ1n) is 7.97. The van der Waals surface area contributed by atoms with E-state index in [1.807, 2.05) is 25.1 Å². The minimum Gasteiger partial charge on any atom is -0.322 e. The number of hydrogen-bond acceptors (Lipinski definition) is 3. The summed E-state index contributed by atoms with van der Waals surface area (Å²) in [5.41, 5.74) is 2.13. The molecular formula is C18H21IN2O3S. The zero-order chi connectivity index (χ0) is 18.6. The highest BCUT2D eigenvalue weighted by Crippen LogP contribution is 2.20. The van der Waals surface area contributed by atoms with Crippen molar-refractivity contribution in [3.8, 4) is 0 Å². The fourth-order valence-corrected chi connectivity index (χ4v) is 4.56. The van der Waals surface area contributed by atoms with Gasteiger partial charge in [0.1, 0.15) is 0 Å². The van der Waals surface area contributed by atoms with Gasteiger partial charge < -0.3 is 5.32 Å². The first-order chi connectivity index (χ1) is 11.8. The third-order valence-corrected chi connectivity index (χ3v) is 6.63. The van der Waals surface area contributed by atoms with Crippen molar-refractivity contribution in [2.24, 2.45) is 0 Å². The number of rotatable bonds is 6. The molecule has 2 aromatic rings. The number of carbonyl (C=O) groups is 1. The number of hydrogen-bond donors (Lipinski definition) is 1. The first kappa shape index (κ1) is 19.9. The molecule has 0 aliphatic heterocycles. The van der Waals surface area contributed by atoms with E-state index in [-0.39, 0.29) is 10.8 Å². The number of benzene rings is 2. The molecule has 2 aromatic carbocycles. The Morgan fingerprint density at radius 2 is 1.68 bits per heavy atom. The van der Waals surface area contributed by atoms with Gasteiger partial charge in [0.2, 0.25) is 10.0 Å². The molecule has 5 nitrogen and oxygen atoms in total. The average molecular weight is 472 g/mol. The Morgan fingerprint density at radius 3 is 2.20 bits per heavy atom. The molecule has 25 heavy (non-hydrogen) atoms. The van der Waals surface area contributed by atoms with E-state index in [1.54, 1.807) is 13.8 Å². The van der Waals surface area contributed by atoms with Gasteiger partial charge in [-0.2, -0.15) is 4.31 Å². The minimum atomic E-state index is -3.51. The smallest absolute Gasteiger partial charge is 0.255 e. The lowest BCUT2D eigenvalue weighted by Crippen LogP contribution is -2.30. The van der Waals surface area contributed by atoms with E-state index in [2.05, 4.69) is 27.9 Å². The van der Waals surface area contributed by atoms with E-state index >= 15 is 0 Å². The summed E-state index contributed by atoms with van der Waals surface area (Å²) in [6.45, 7) is 6.34. The summed E-state index contributed by atoms with van der Waals surface area (Å²) >= 11 is 2.22. The molecule has 0 atom stereocenters. The number of nitrogens with zero attached hydrogens (tertiary/aromatic N) is 1. The highest BCUT2D eigenvalue weighted by Gasteiger charge is 2.21. The Labute approximate surface area is 162 Å². The largest absolute Gasteiger partial charge is 0.322 e. The summed E-state index contributed by atoms with van der Waals surface area (Å²) in [5.74, 6) is -0.268. The number of carbonyl (C=O) groups excluding carboxylic acids is 1. The molecule has 7 heteroatoms. The number of nitrogens with one attached hydrogen (secondary N) is 1. The Hall–Kier alpha value is -1.45. The standard InChI is InChI=1S/C18H21IN2O3S/c1-4-21(5-2)25(23,24)16-9-6-14(7-10-16)18(22)20-17-11-8-15(19)12-13(17)3/h6-12H,4-5H2,1-3H3,(H,20,22). The molecule has 0 fully saturated rings. The van der Waals surface area contributed by atoms with Crippen LogP contribution in [0.5, 0.6) is 0 Å². The topological polar surface area (TPSA) is 66.5 Å². The fourth-order valence-electron chi connectivity index (χ4n) is 2.45. The number of aryl methyl sites for hydroxylation is 1. The van der Waals surface area contributed by atoms with Gasteiger partial charge in [-0.1, -0.05) is 13.8 Å². The van der Waals surface area contributed by atoms with E-state index in [4.69, 9.17) is 0 Å². The van der Waals surface area contributed by atoms with Crippen LogP contribution in [0.1, 0.15) is 29.8 Å². The normalized spacial score (nSPS) is 11.6. The van der Waals surface area contributed by atoms with Crippen LogP contribution >= 0.6 is 22.6 Å². The average Bonchev–Trinajstić information content (AvgIpc) is 2.58. The van der Waals surface area contributed by atoms with Crippen LogP contribution in [0, 0.1) is 10.5 Å². The minimum absolute atomic E-state index is 0.193. The second-order valence-electron chi connectivity index (χ2n) is 5.53. The van der Waals surface area contributed by atoms with Crippen LogP contribution in [0.15, 0.2) is 47.4 Å².